The van der Waals surface area contributed by atoms with Crippen LogP contribution in [0.25, 0.3) is 11.1 Å². The van der Waals surface area contributed by atoms with E-state index in [9.17, 15) is 0 Å². The van der Waals surface area contributed by atoms with Crippen molar-refractivity contribution in [3.8, 4) is 22.9 Å². The van der Waals surface area contributed by atoms with Crippen molar-refractivity contribution in [1.29, 1.82) is 0 Å². The van der Waals surface area contributed by atoms with Crippen molar-refractivity contribution < 1.29 is 9.47 Å². The van der Waals surface area contributed by atoms with Gasteiger partial charge in [-0.05, 0) is 151 Å². The standard InChI is InChI=1S/C46H50N2O2P2/c1-27-17-13-18-28(2)43(27)51(44-29(3)19-14-20-30(44)4)37-25-39(49-11)47-35(9)41(37)42-36(10)48-40(50-12)26-38(42)52(45-31(5)21-15-22-32(45)6)46-33(7)23-16-24-34(46)8/h13-26H,1-12H3. The highest BCUT2D eigenvalue weighted by atomic mass is 31.1. The summed E-state index contributed by atoms with van der Waals surface area (Å²) in [6, 6.07) is 31.1. The number of ether oxygens (including phenoxy) is 2. The van der Waals surface area contributed by atoms with Gasteiger partial charge in [0, 0.05) is 45.3 Å². The van der Waals surface area contributed by atoms with Crippen LogP contribution in [0.3, 0.4) is 0 Å². The van der Waals surface area contributed by atoms with Crippen LogP contribution in [0.15, 0.2) is 84.9 Å². The summed E-state index contributed by atoms with van der Waals surface area (Å²) < 4.78 is 12.0. The number of hydrogen-bond acceptors (Lipinski definition) is 4. The maximum atomic E-state index is 5.98. The molecule has 6 rings (SSSR count). The minimum atomic E-state index is -1.07. The molecule has 2 heterocycles. The molecule has 266 valence electrons. The predicted molar refractivity (Wildman–Crippen MR) is 225 cm³/mol. The predicted octanol–water partition coefficient (Wildman–Crippen LogP) is 8.76. The summed E-state index contributed by atoms with van der Waals surface area (Å²) in [6.45, 7) is 22.3. The van der Waals surface area contributed by atoms with Gasteiger partial charge in [0.1, 0.15) is 0 Å². The van der Waals surface area contributed by atoms with Crippen molar-refractivity contribution in [2.24, 2.45) is 0 Å². The monoisotopic (exact) mass is 724 g/mol. The molecular weight excluding hydrogens is 674 g/mol. The second-order valence-electron chi connectivity index (χ2n) is 13.9. The number of benzene rings is 4. The molecular formula is C46H50N2O2P2. The van der Waals surface area contributed by atoms with Crippen molar-refractivity contribution in [3.63, 3.8) is 0 Å². The van der Waals surface area contributed by atoms with E-state index in [0.717, 1.165) is 22.5 Å². The number of hydrogen-bond donors (Lipinski definition) is 0. The summed E-state index contributed by atoms with van der Waals surface area (Å²) in [4.78, 5) is 10.2. The Hall–Kier alpha value is -4.36. The molecule has 2 aromatic heterocycles. The SMILES string of the molecule is COc1cc(P(c2c(C)cccc2C)c2c(C)cccc2C)c(-c2c(P(c3c(C)cccc3C)c3c(C)cccc3C)cc(OC)nc2C)c(C)n1. The summed E-state index contributed by atoms with van der Waals surface area (Å²) in [7, 11) is 1.30. The van der Waals surface area contributed by atoms with Crippen LogP contribution >= 0.6 is 15.8 Å². The summed E-state index contributed by atoms with van der Waals surface area (Å²) >= 11 is 0. The highest BCUT2D eigenvalue weighted by Crippen LogP contribution is 2.47. The zero-order valence-electron chi connectivity index (χ0n) is 32.7. The fourth-order valence-corrected chi connectivity index (χ4v) is 14.1. The Bertz CT molecular complexity index is 1970. The van der Waals surface area contributed by atoms with Gasteiger partial charge in [0.05, 0.1) is 14.2 Å². The smallest absolute Gasteiger partial charge is 0.213 e. The number of methoxy groups -OCH3 is 2. The molecule has 0 bridgehead atoms. The molecule has 0 aliphatic heterocycles. The van der Waals surface area contributed by atoms with Gasteiger partial charge in [0.15, 0.2) is 0 Å². The van der Waals surface area contributed by atoms with Crippen LogP contribution in [-0.4, -0.2) is 24.2 Å². The van der Waals surface area contributed by atoms with Crippen molar-refractivity contribution in [2.75, 3.05) is 14.2 Å². The molecule has 0 spiro atoms. The van der Waals surface area contributed by atoms with E-state index in [-0.39, 0.29) is 0 Å². The molecule has 0 radical (unpaired) electrons. The van der Waals surface area contributed by atoms with E-state index in [1.807, 2.05) is 0 Å². The summed E-state index contributed by atoms with van der Waals surface area (Å²) in [5.74, 6) is 1.24. The lowest BCUT2D eigenvalue weighted by Gasteiger charge is -2.32. The second kappa shape index (κ2) is 15.3. The highest BCUT2D eigenvalue weighted by Gasteiger charge is 2.33. The number of rotatable bonds is 9. The van der Waals surface area contributed by atoms with E-state index >= 15 is 0 Å². The Morgan fingerprint density at radius 3 is 0.827 bits per heavy atom. The lowest BCUT2D eigenvalue weighted by Crippen LogP contribution is -2.32. The molecule has 0 aliphatic carbocycles. The molecule has 6 aromatic rings. The van der Waals surface area contributed by atoms with E-state index in [0.29, 0.717) is 11.8 Å². The maximum absolute atomic E-state index is 5.98. The van der Waals surface area contributed by atoms with Crippen molar-refractivity contribution in [1.82, 2.24) is 9.97 Å². The first-order valence-corrected chi connectivity index (χ1v) is 20.5. The Labute approximate surface area is 313 Å². The number of nitrogens with zero attached hydrogens (tertiary/aromatic N) is 2. The van der Waals surface area contributed by atoms with Gasteiger partial charge in [-0.1, -0.05) is 72.8 Å². The molecule has 6 heteroatoms. The third-order valence-corrected chi connectivity index (χ3v) is 16.4. The third-order valence-electron chi connectivity index (χ3n) is 10.1. The molecule has 4 aromatic carbocycles. The second-order valence-corrected chi connectivity index (χ2v) is 18.0. The molecule has 0 saturated heterocycles. The van der Waals surface area contributed by atoms with Gasteiger partial charge >= 0.3 is 0 Å². The maximum Gasteiger partial charge on any atom is 0.213 e. The first-order chi connectivity index (χ1) is 24.9. The molecule has 0 saturated carbocycles. The number of pyridine rings is 2. The number of aromatic nitrogens is 2. The van der Waals surface area contributed by atoms with Gasteiger partial charge in [0.25, 0.3) is 0 Å². The average Bonchev–Trinajstić information content (AvgIpc) is 3.09. The molecule has 4 nitrogen and oxygen atoms in total. The quantitative estimate of drug-likeness (QED) is 0.140. The number of aryl methyl sites for hydroxylation is 10. The molecule has 0 unspecified atom stereocenters. The Morgan fingerprint density at radius 1 is 0.385 bits per heavy atom. The van der Waals surface area contributed by atoms with Crippen LogP contribution in [0.2, 0.25) is 0 Å². The van der Waals surface area contributed by atoms with E-state index in [1.165, 1.54) is 76.3 Å². The summed E-state index contributed by atoms with van der Waals surface area (Å²) in [6.07, 6.45) is 0. The van der Waals surface area contributed by atoms with Crippen LogP contribution in [-0.2, 0) is 0 Å². The van der Waals surface area contributed by atoms with Gasteiger partial charge in [-0.2, -0.15) is 0 Å². The zero-order valence-corrected chi connectivity index (χ0v) is 34.5. The van der Waals surface area contributed by atoms with Crippen LogP contribution in [0.5, 0.6) is 11.8 Å². The lowest BCUT2D eigenvalue weighted by atomic mass is 10.0. The first kappa shape index (κ1) is 37.4. The summed E-state index contributed by atoms with van der Waals surface area (Å²) in [5.41, 5.74) is 14.4. The third kappa shape index (κ3) is 6.80. The van der Waals surface area contributed by atoms with Crippen LogP contribution in [0.4, 0.5) is 0 Å². The molecule has 52 heavy (non-hydrogen) atoms. The van der Waals surface area contributed by atoms with E-state index in [1.54, 1.807) is 14.2 Å². The molecule has 0 atom stereocenters. The van der Waals surface area contributed by atoms with Gasteiger partial charge in [-0.25, -0.2) is 9.97 Å². The Kier molecular flexibility index (Phi) is 11.0. The highest BCUT2D eigenvalue weighted by molar-refractivity contribution is 7.81. The largest absolute Gasteiger partial charge is 0.481 e. The van der Waals surface area contributed by atoms with Crippen LogP contribution < -0.4 is 41.3 Å². The normalized spacial score (nSPS) is 11.4. The van der Waals surface area contributed by atoms with Crippen molar-refractivity contribution in [2.45, 2.75) is 69.2 Å². The zero-order chi connectivity index (χ0) is 37.4. The Morgan fingerprint density at radius 2 is 0.615 bits per heavy atom. The van der Waals surface area contributed by atoms with Crippen LogP contribution in [0.1, 0.15) is 55.9 Å². The molecule has 0 aliphatic rings. The van der Waals surface area contributed by atoms with Gasteiger partial charge in [-0.15, -0.1) is 0 Å². The van der Waals surface area contributed by atoms with E-state index < -0.39 is 15.8 Å². The fraction of sp³-hybridized carbons (Fsp3) is 0.261. The van der Waals surface area contributed by atoms with E-state index in [4.69, 9.17) is 19.4 Å². The van der Waals surface area contributed by atoms with Gasteiger partial charge < -0.3 is 9.47 Å². The summed E-state index contributed by atoms with van der Waals surface area (Å²) in [5, 5.41) is 7.94. The van der Waals surface area contributed by atoms with Gasteiger partial charge in [-0.3, -0.25) is 0 Å². The van der Waals surface area contributed by atoms with Crippen molar-refractivity contribution >= 4 is 47.7 Å². The van der Waals surface area contributed by atoms with E-state index in [2.05, 4.69) is 154 Å². The molecule has 0 amide bonds. The van der Waals surface area contributed by atoms with Crippen LogP contribution in [0, 0.1) is 69.2 Å². The average molecular weight is 725 g/mol. The first-order valence-electron chi connectivity index (χ1n) is 17.8. The minimum absolute atomic E-state index is 0.619. The lowest BCUT2D eigenvalue weighted by molar-refractivity contribution is 0.397. The topological polar surface area (TPSA) is 44.2 Å². The molecule has 0 fully saturated rings. The fourth-order valence-electron chi connectivity index (χ4n) is 7.77. The van der Waals surface area contributed by atoms with Gasteiger partial charge in [0.2, 0.25) is 11.8 Å². The Balaban J connectivity index is 1.84. The molecule has 0 N–H and O–H groups in total. The minimum Gasteiger partial charge on any atom is -0.481 e. The van der Waals surface area contributed by atoms with Crippen molar-refractivity contribution in [3.05, 3.63) is 141 Å².